The third-order valence-electron chi connectivity index (χ3n) is 24.4. The number of hydrogen-bond acceptors (Lipinski definition) is 3. The van der Waals surface area contributed by atoms with E-state index in [0.717, 1.165) is 207 Å². The lowest BCUT2D eigenvalue weighted by molar-refractivity contribution is 1.16. The monoisotopic (exact) mass is 1470 g/mol. The van der Waals surface area contributed by atoms with Crippen molar-refractivity contribution in [2.24, 2.45) is 0 Å². The number of rotatable bonds is 8. The van der Waals surface area contributed by atoms with Gasteiger partial charge in [-0.05, 0) is 189 Å². The maximum absolute atomic E-state index is 10.4. The number of aromatic nitrogens is 2. The Labute approximate surface area is 672 Å². The van der Waals surface area contributed by atoms with Crippen molar-refractivity contribution in [2.45, 2.75) is 0 Å². The van der Waals surface area contributed by atoms with Crippen LogP contribution < -0.4 is 26.2 Å². The SMILES string of the molecule is [2H]c1c([2H])c([2H])c2c(c1[2H])c1c([2H])c([2H])c([2H])c([2H])c1n2-c1cc2c3c(c1)N(c1c(-c4ccccc4)c4ccccc4c4ccccc14)c1cc4c5cc(-c6cccc7ccccc67)ccc5n(-c5ccccc5)c4cc1B3c1cc3sc4ccc(-c5cccc6ccccc56)cc4c3cc1N2c1c(-c2ccccc2)c2ccccc2c2ccccc12. The van der Waals surface area contributed by atoms with Gasteiger partial charge in [-0.2, -0.15) is 0 Å². The van der Waals surface area contributed by atoms with Crippen LogP contribution in [0.4, 0.5) is 34.1 Å². The summed E-state index contributed by atoms with van der Waals surface area (Å²) in [5, 5.41) is 17.0. The Morgan fingerprint density at radius 2 is 0.658 bits per heavy atom. The van der Waals surface area contributed by atoms with Crippen molar-refractivity contribution in [3.8, 4) is 55.9 Å². The molecule has 0 unspecified atom stereocenters. The summed E-state index contributed by atoms with van der Waals surface area (Å²) in [7, 11) is 0. The summed E-state index contributed by atoms with van der Waals surface area (Å²) >= 11 is 1.80. The Morgan fingerprint density at radius 3 is 1.21 bits per heavy atom. The Morgan fingerprint density at radius 1 is 0.246 bits per heavy atom. The molecule has 0 amide bonds. The number of benzene rings is 20. The first-order chi connectivity index (χ1) is 59.9. The van der Waals surface area contributed by atoms with E-state index in [1.807, 2.05) is 0 Å². The van der Waals surface area contributed by atoms with Crippen molar-refractivity contribution in [1.29, 1.82) is 0 Å². The summed E-state index contributed by atoms with van der Waals surface area (Å²) < 4.78 is 85.4. The van der Waals surface area contributed by atoms with Crippen LogP contribution in [0.3, 0.4) is 0 Å². The lowest BCUT2D eigenvalue weighted by Crippen LogP contribution is -2.61. The van der Waals surface area contributed by atoms with Gasteiger partial charge in [0.2, 0.25) is 0 Å². The van der Waals surface area contributed by atoms with Crippen LogP contribution in [0.25, 0.3) is 184 Å². The maximum atomic E-state index is 10.4. The maximum Gasteiger partial charge on any atom is 0.252 e. The van der Waals surface area contributed by atoms with Crippen molar-refractivity contribution >= 4 is 197 Å². The second kappa shape index (κ2) is 24.5. The molecule has 114 heavy (non-hydrogen) atoms. The molecule has 0 atom stereocenters. The number of thiophene rings is 1. The summed E-state index contributed by atoms with van der Waals surface area (Å²) in [5.41, 5.74) is 19.8. The molecule has 3 aromatic heterocycles. The van der Waals surface area contributed by atoms with Crippen molar-refractivity contribution in [3.63, 3.8) is 0 Å². The molecular formula is C108H65BN4S. The van der Waals surface area contributed by atoms with Gasteiger partial charge in [0.05, 0.1) is 50.1 Å². The van der Waals surface area contributed by atoms with Crippen LogP contribution in [0.2, 0.25) is 0 Å². The summed E-state index contributed by atoms with van der Waals surface area (Å²) in [4.78, 5) is 5.02. The lowest BCUT2D eigenvalue weighted by Gasteiger charge is -2.46. The second-order valence-corrected chi connectivity index (χ2v) is 31.3. The quantitative estimate of drug-likeness (QED) is 0.111. The van der Waals surface area contributed by atoms with E-state index in [-0.39, 0.29) is 21.8 Å². The summed E-state index contributed by atoms with van der Waals surface area (Å²) in [6.07, 6.45) is 0. The van der Waals surface area contributed by atoms with E-state index in [9.17, 15) is 11.0 Å². The Kier molecular flexibility index (Phi) is 12.0. The molecule has 0 saturated carbocycles. The van der Waals surface area contributed by atoms with Gasteiger partial charge < -0.3 is 18.9 Å². The standard InChI is InChI=1S/C108H65BN4S/c1-4-30-68(31-5-1)104-84-46-18-14-40-78(84)80-42-16-20-48-86(80)107(104)112-98-62-89-88-58-70(76-50-26-34-66-28-10-12-38-74(66)76)54-56-96(88)110(72-36-8-3-9-37-72)97(89)64-92(98)109-93-65-103-91(90-59-71(55-57-102(90)114-103)77-51-27-35-67-29-11-13-39-75(67)77)63-99(93)113(108-87-49-21-17-43-81(87)79-41-15-19-47-85(79)105(108)69-32-6-2-7-33-69)101-61-73(60-100(112)106(101)109)111-94-52-24-22-44-82(94)83-45-23-25-53-95(83)111/h1-65H/i22D,23D,24D,25D,44D,45D,52D,53D. The highest BCUT2D eigenvalue weighted by Crippen LogP contribution is 2.57. The largest absolute Gasteiger partial charge is 0.310 e. The van der Waals surface area contributed by atoms with Crippen molar-refractivity contribution in [1.82, 2.24) is 9.13 Å². The number of nitrogens with zero attached hydrogens (tertiary/aromatic N) is 4. The fraction of sp³-hybridized carbons (Fsp3) is 0. The van der Waals surface area contributed by atoms with Gasteiger partial charge in [0.1, 0.15) is 0 Å². The van der Waals surface area contributed by atoms with Crippen LogP contribution in [0, 0.1) is 0 Å². The molecule has 23 aromatic rings. The van der Waals surface area contributed by atoms with Crippen LogP contribution in [-0.2, 0) is 0 Å². The minimum Gasteiger partial charge on any atom is -0.310 e. The molecule has 4 nitrogen and oxygen atoms in total. The van der Waals surface area contributed by atoms with E-state index in [4.69, 9.17) is 0 Å². The topological polar surface area (TPSA) is 16.3 Å². The molecule has 0 fully saturated rings. The van der Waals surface area contributed by atoms with Gasteiger partial charge in [-0.25, -0.2) is 0 Å². The Hall–Kier alpha value is -14.6. The van der Waals surface area contributed by atoms with Gasteiger partial charge in [0.15, 0.2) is 0 Å². The van der Waals surface area contributed by atoms with E-state index >= 15 is 0 Å². The minimum atomic E-state index is -0.600. The first-order valence-electron chi connectivity index (χ1n) is 42.8. The van der Waals surface area contributed by atoms with Gasteiger partial charge in [0.25, 0.3) is 6.71 Å². The second-order valence-electron chi connectivity index (χ2n) is 30.3. The van der Waals surface area contributed by atoms with Crippen molar-refractivity contribution in [2.75, 3.05) is 9.80 Å². The van der Waals surface area contributed by atoms with Gasteiger partial charge >= 0.3 is 0 Å². The molecule has 5 heterocycles. The van der Waals surface area contributed by atoms with Crippen molar-refractivity contribution < 1.29 is 11.0 Å². The minimum absolute atomic E-state index is 0.0138. The number of para-hydroxylation sites is 3. The van der Waals surface area contributed by atoms with E-state index in [1.165, 1.54) is 0 Å². The molecule has 0 radical (unpaired) electrons. The van der Waals surface area contributed by atoms with E-state index < -0.39 is 55.1 Å². The molecule has 526 valence electrons. The molecule has 0 spiro atoms. The molecule has 2 aliphatic rings. The average molecular weight is 1470 g/mol. The Bertz CT molecular complexity index is 8500. The highest BCUT2D eigenvalue weighted by atomic mass is 32.1. The lowest BCUT2D eigenvalue weighted by atomic mass is 9.33. The zero-order valence-electron chi connectivity index (χ0n) is 69.2. The fourth-order valence-corrected chi connectivity index (χ4v) is 20.8. The Balaban J connectivity index is 0.925. The fourth-order valence-electron chi connectivity index (χ4n) is 19.7. The third kappa shape index (κ3) is 9.11. The molecule has 6 heteroatoms. The number of fused-ring (bicyclic) bond motifs is 21. The zero-order chi connectivity index (χ0) is 81.3. The average Bonchev–Trinajstić information content (AvgIpc) is 1.24. The summed E-state index contributed by atoms with van der Waals surface area (Å²) in [6, 6.07) is 122. The first kappa shape index (κ1) is 55.8. The summed E-state index contributed by atoms with van der Waals surface area (Å²) in [5.74, 6) is 0. The molecule has 25 rings (SSSR count). The van der Waals surface area contributed by atoms with Gasteiger partial charge in [-0.3, -0.25) is 0 Å². The molecule has 0 aliphatic carbocycles. The molecule has 0 N–H and O–H groups in total. The van der Waals surface area contributed by atoms with Crippen molar-refractivity contribution in [3.05, 3.63) is 394 Å². The van der Waals surface area contributed by atoms with Gasteiger partial charge in [-0.15, -0.1) is 11.3 Å². The molecule has 20 aromatic carbocycles. The van der Waals surface area contributed by atoms with Crippen LogP contribution in [0.15, 0.2) is 394 Å². The predicted octanol–water partition coefficient (Wildman–Crippen LogP) is 27.9. The van der Waals surface area contributed by atoms with Crippen LogP contribution in [-0.4, -0.2) is 15.8 Å². The zero-order valence-corrected chi connectivity index (χ0v) is 62.0. The first-order valence-corrected chi connectivity index (χ1v) is 39.6. The third-order valence-corrected chi connectivity index (χ3v) is 25.6. The van der Waals surface area contributed by atoms with Gasteiger partial charge in [0, 0.05) is 92.1 Å². The number of hydrogen-bond donors (Lipinski definition) is 0. The smallest absolute Gasteiger partial charge is 0.252 e. The van der Waals surface area contributed by atoms with E-state index in [0.29, 0.717) is 5.69 Å². The molecule has 0 saturated heterocycles. The predicted molar refractivity (Wildman–Crippen MR) is 489 cm³/mol. The van der Waals surface area contributed by atoms with E-state index in [1.54, 1.807) is 15.9 Å². The molecule has 0 bridgehead atoms. The van der Waals surface area contributed by atoms with E-state index in [2.05, 4.69) is 360 Å². The van der Waals surface area contributed by atoms with Crippen LogP contribution in [0.5, 0.6) is 0 Å². The number of anilines is 6. The molecular weight excluding hydrogens is 1400 g/mol. The highest BCUT2D eigenvalue weighted by Gasteiger charge is 2.47. The molecule has 2 aliphatic heterocycles. The highest BCUT2D eigenvalue weighted by molar-refractivity contribution is 7.26. The van der Waals surface area contributed by atoms with Crippen LogP contribution in [0.1, 0.15) is 11.0 Å². The van der Waals surface area contributed by atoms with Crippen LogP contribution >= 0.6 is 11.3 Å². The summed E-state index contributed by atoms with van der Waals surface area (Å²) in [6.45, 7) is -0.600. The normalized spacial score (nSPS) is 13.7. The van der Waals surface area contributed by atoms with Gasteiger partial charge in [-0.1, -0.05) is 309 Å².